The Morgan fingerprint density at radius 3 is 2.76 bits per heavy atom. The molecule has 0 saturated heterocycles. The fourth-order valence-corrected chi connectivity index (χ4v) is 5.88. The van der Waals surface area contributed by atoms with Gasteiger partial charge >= 0.3 is 0 Å². The van der Waals surface area contributed by atoms with Gasteiger partial charge < -0.3 is 34.9 Å². The highest BCUT2D eigenvalue weighted by atomic mass is 16.5. The lowest BCUT2D eigenvalue weighted by atomic mass is 9.77. The van der Waals surface area contributed by atoms with Crippen molar-refractivity contribution in [2.75, 3.05) is 26.8 Å². The number of nitrogens with zero attached hydrogens (tertiary/aromatic N) is 1. The van der Waals surface area contributed by atoms with Crippen molar-refractivity contribution >= 4 is 29.0 Å². The number of aromatic amines is 1. The summed E-state index contributed by atoms with van der Waals surface area (Å²) in [6.07, 6.45) is 2.97. The quantitative estimate of drug-likeness (QED) is 0.193. The number of aliphatic hydroxyl groups excluding tert-OH is 2. The molecule has 220 valence electrons. The molecule has 5 rings (SSSR count). The lowest BCUT2D eigenvalue weighted by Crippen LogP contribution is -2.56. The number of aldehydes is 1. The number of amides is 2. The van der Waals surface area contributed by atoms with Gasteiger partial charge in [-0.2, -0.15) is 0 Å². The van der Waals surface area contributed by atoms with E-state index in [1.54, 1.807) is 23.1 Å². The lowest BCUT2D eigenvalue weighted by Gasteiger charge is -2.40. The van der Waals surface area contributed by atoms with Gasteiger partial charge in [0.1, 0.15) is 18.5 Å². The molecule has 4 N–H and O–H groups in total. The molecule has 0 saturated carbocycles. The van der Waals surface area contributed by atoms with E-state index in [1.807, 2.05) is 30.3 Å². The fraction of sp³-hybridized carbons (Fsp3) is 0.344. The number of benzene rings is 2. The molecule has 4 atom stereocenters. The van der Waals surface area contributed by atoms with Crippen LogP contribution < -0.4 is 14.8 Å². The molecule has 0 bridgehead atoms. The summed E-state index contributed by atoms with van der Waals surface area (Å²) < 4.78 is 11.7. The number of aromatic nitrogens is 1. The second kappa shape index (κ2) is 12.6. The Hall–Kier alpha value is -4.41. The number of para-hydroxylation sites is 1. The van der Waals surface area contributed by atoms with E-state index in [0.29, 0.717) is 41.8 Å². The van der Waals surface area contributed by atoms with Gasteiger partial charge in [-0.1, -0.05) is 24.3 Å². The molecule has 2 aromatic carbocycles. The third kappa shape index (κ3) is 5.55. The van der Waals surface area contributed by atoms with E-state index in [4.69, 9.17) is 9.47 Å². The first-order valence-corrected chi connectivity index (χ1v) is 14.0. The maximum Gasteiger partial charge on any atom is 0.247 e. The van der Waals surface area contributed by atoms with Crippen LogP contribution in [0.4, 0.5) is 0 Å². The Kier molecular flexibility index (Phi) is 8.75. The van der Waals surface area contributed by atoms with E-state index >= 15 is 0 Å². The maximum absolute atomic E-state index is 13.6. The van der Waals surface area contributed by atoms with Crippen LogP contribution in [0.2, 0.25) is 0 Å². The summed E-state index contributed by atoms with van der Waals surface area (Å²) in [6, 6.07) is 12.2. The van der Waals surface area contributed by atoms with Crippen LogP contribution in [0.5, 0.6) is 11.5 Å². The average Bonchev–Trinajstić information content (AvgIpc) is 3.61. The lowest BCUT2D eigenvalue weighted by molar-refractivity contribution is -0.137. The summed E-state index contributed by atoms with van der Waals surface area (Å²) in [5.41, 5.74) is 3.07. The van der Waals surface area contributed by atoms with Crippen LogP contribution in [-0.4, -0.2) is 83.3 Å². The van der Waals surface area contributed by atoms with Crippen LogP contribution in [0.25, 0.3) is 10.9 Å². The SMILES string of the molecule is C=CCCC(=O)N(CCc1cc2ccccc2[nH]1)C1C=C(C(=O)NCCO)C2c3cc(C=O)cc(OC)c3OC2C1O. The average molecular weight is 574 g/mol. The number of ether oxygens (including phenoxy) is 2. The van der Waals surface area contributed by atoms with Gasteiger partial charge in [0, 0.05) is 53.8 Å². The van der Waals surface area contributed by atoms with Crippen molar-refractivity contribution in [1.29, 1.82) is 0 Å². The van der Waals surface area contributed by atoms with E-state index < -0.39 is 30.1 Å². The summed E-state index contributed by atoms with van der Waals surface area (Å²) >= 11 is 0. The highest BCUT2D eigenvalue weighted by Crippen LogP contribution is 2.51. The standard InChI is InChI=1S/C32H35N3O7/c1-3-4-9-27(38)35(12-10-21-16-20-7-5-6-8-24(20)34-21)25-17-23(32(40)33-11-13-36)28-22-14-19(18-37)15-26(41-2)30(22)42-31(28)29(25)39/h3,5-8,14-18,25,28-29,31,34,36,39H,1,4,9-13H2,2H3,(H,33,40). The molecular weight excluding hydrogens is 538 g/mol. The van der Waals surface area contributed by atoms with E-state index in [9.17, 15) is 24.6 Å². The third-order valence-electron chi connectivity index (χ3n) is 7.86. The third-order valence-corrected chi connectivity index (χ3v) is 7.86. The molecule has 2 amide bonds. The maximum atomic E-state index is 13.6. The van der Waals surface area contributed by atoms with Gasteiger partial charge in [0.2, 0.25) is 11.8 Å². The molecule has 2 aliphatic rings. The summed E-state index contributed by atoms with van der Waals surface area (Å²) in [5.74, 6) is -0.743. The molecule has 10 heteroatoms. The Morgan fingerprint density at radius 1 is 1.24 bits per heavy atom. The van der Waals surface area contributed by atoms with Crippen molar-refractivity contribution < 1.29 is 34.1 Å². The zero-order chi connectivity index (χ0) is 29.8. The van der Waals surface area contributed by atoms with Crippen molar-refractivity contribution in [3.8, 4) is 11.5 Å². The van der Waals surface area contributed by atoms with Crippen molar-refractivity contribution in [2.45, 2.75) is 43.4 Å². The zero-order valence-corrected chi connectivity index (χ0v) is 23.4. The molecular formula is C32H35N3O7. The Balaban J connectivity index is 1.54. The van der Waals surface area contributed by atoms with E-state index in [0.717, 1.165) is 16.6 Å². The molecule has 0 fully saturated rings. The number of fused-ring (bicyclic) bond motifs is 4. The number of carbonyl (C=O) groups excluding carboxylic acids is 3. The minimum atomic E-state index is -1.20. The van der Waals surface area contributed by atoms with Crippen molar-refractivity contribution in [1.82, 2.24) is 15.2 Å². The molecule has 2 heterocycles. The van der Waals surface area contributed by atoms with Crippen molar-refractivity contribution in [3.05, 3.63) is 83.6 Å². The van der Waals surface area contributed by atoms with Crippen molar-refractivity contribution in [2.24, 2.45) is 0 Å². The summed E-state index contributed by atoms with van der Waals surface area (Å²) in [7, 11) is 1.45. The molecule has 1 aliphatic carbocycles. The molecule has 10 nitrogen and oxygen atoms in total. The number of nitrogens with one attached hydrogen (secondary N) is 2. The zero-order valence-electron chi connectivity index (χ0n) is 23.4. The number of rotatable bonds is 12. The Bertz CT molecular complexity index is 1490. The van der Waals surface area contributed by atoms with Crippen LogP contribution in [-0.2, 0) is 16.0 Å². The predicted molar refractivity (Wildman–Crippen MR) is 157 cm³/mol. The number of H-pyrrole nitrogens is 1. The van der Waals surface area contributed by atoms with Gasteiger partial charge in [-0.25, -0.2) is 0 Å². The topological polar surface area (TPSA) is 141 Å². The van der Waals surface area contributed by atoms with E-state index in [-0.39, 0.29) is 37.6 Å². The van der Waals surface area contributed by atoms with Gasteiger partial charge in [-0.05, 0) is 42.1 Å². The first-order chi connectivity index (χ1) is 20.4. The van der Waals surface area contributed by atoms with Gasteiger partial charge in [0.25, 0.3) is 0 Å². The van der Waals surface area contributed by atoms with E-state index in [2.05, 4.69) is 16.9 Å². The molecule has 4 unspecified atom stereocenters. The summed E-state index contributed by atoms with van der Waals surface area (Å²) in [6.45, 7) is 3.77. The first-order valence-electron chi connectivity index (χ1n) is 14.0. The van der Waals surface area contributed by atoms with Crippen LogP contribution in [0.15, 0.2) is 66.8 Å². The second-order valence-electron chi connectivity index (χ2n) is 10.4. The predicted octanol–water partition coefficient (Wildman–Crippen LogP) is 2.65. The van der Waals surface area contributed by atoms with Crippen LogP contribution >= 0.6 is 0 Å². The molecule has 0 radical (unpaired) electrons. The molecule has 1 aromatic heterocycles. The Labute approximate surface area is 243 Å². The number of hydrogen-bond acceptors (Lipinski definition) is 7. The summed E-state index contributed by atoms with van der Waals surface area (Å²) in [5, 5.41) is 24.9. The number of aliphatic hydroxyl groups is 2. The van der Waals surface area contributed by atoms with Gasteiger partial charge in [0.15, 0.2) is 11.5 Å². The van der Waals surface area contributed by atoms with Gasteiger partial charge in [-0.3, -0.25) is 14.4 Å². The van der Waals surface area contributed by atoms with Crippen LogP contribution in [0, 0.1) is 0 Å². The normalized spacial score (nSPS) is 20.6. The molecule has 0 spiro atoms. The molecule has 1 aliphatic heterocycles. The number of carbonyl (C=O) groups is 3. The number of allylic oxidation sites excluding steroid dienone is 1. The monoisotopic (exact) mass is 573 g/mol. The smallest absolute Gasteiger partial charge is 0.247 e. The highest BCUT2D eigenvalue weighted by Gasteiger charge is 2.51. The number of hydrogen-bond donors (Lipinski definition) is 4. The highest BCUT2D eigenvalue weighted by molar-refractivity contribution is 5.96. The number of methoxy groups -OCH3 is 1. The fourth-order valence-electron chi connectivity index (χ4n) is 5.88. The Morgan fingerprint density at radius 2 is 2.05 bits per heavy atom. The molecule has 3 aromatic rings. The minimum Gasteiger partial charge on any atom is -0.493 e. The summed E-state index contributed by atoms with van der Waals surface area (Å²) in [4.78, 5) is 43.7. The van der Waals surface area contributed by atoms with Gasteiger partial charge in [0.05, 0.1) is 25.7 Å². The minimum absolute atomic E-state index is 0.0224. The van der Waals surface area contributed by atoms with Crippen molar-refractivity contribution in [3.63, 3.8) is 0 Å². The van der Waals surface area contributed by atoms with Crippen LogP contribution in [0.1, 0.15) is 40.4 Å². The van der Waals surface area contributed by atoms with Gasteiger partial charge in [-0.15, -0.1) is 6.58 Å². The first kappa shape index (κ1) is 29.1. The van der Waals surface area contributed by atoms with E-state index in [1.165, 1.54) is 13.2 Å². The second-order valence-corrected chi connectivity index (χ2v) is 10.4. The largest absolute Gasteiger partial charge is 0.493 e. The molecule has 42 heavy (non-hydrogen) atoms. The van der Waals surface area contributed by atoms with Crippen LogP contribution in [0.3, 0.4) is 0 Å².